The van der Waals surface area contributed by atoms with E-state index < -0.39 is 0 Å². The third-order valence-electron chi connectivity index (χ3n) is 2.84. The van der Waals surface area contributed by atoms with Gasteiger partial charge >= 0.3 is 0 Å². The van der Waals surface area contributed by atoms with E-state index in [0.29, 0.717) is 11.6 Å². The molecule has 0 bridgehead atoms. The molecule has 2 aromatic rings. The van der Waals surface area contributed by atoms with Gasteiger partial charge < -0.3 is 4.42 Å². The van der Waals surface area contributed by atoms with Crippen LogP contribution in [0, 0.1) is 0 Å². The number of thiazole rings is 1. The largest absolute Gasteiger partial charge is 0.448 e. The Morgan fingerprint density at radius 2 is 2.21 bits per heavy atom. The molecule has 2 heterocycles. The average molecular weight is 300 g/mol. The maximum atomic E-state index is 5.78. The fraction of sp³-hybridized carbons (Fsp3) is 0.462. The maximum Gasteiger partial charge on any atom is 0.193 e. The molecule has 0 aliphatic heterocycles. The highest BCUT2D eigenvalue weighted by Gasteiger charge is 2.20. The first-order chi connectivity index (χ1) is 8.90. The summed E-state index contributed by atoms with van der Waals surface area (Å²) in [4.78, 5) is 4.65. The molecule has 6 heteroatoms. The summed E-state index contributed by atoms with van der Waals surface area (Å²) in [5, 5.41) is 3.49. The monoisotopic (exact) mass is 299 g/mol. The fourth-order valence-corrected chi connectivity index (χ4v) is 2.90. The molecule has 0 aromatic carbocycles. The second-order valence-corrected chi connectivity index (χ2v) is 6.76. The molecule has 19 heavy (non-hydrogen) atoms. The van der Waals surface area contributed by atoms with Gasteiger partial charge in [0.2, 0.25) is 0 Å². The lowest BCUT2D eigenvalue weighted by Crippen LogP contribution is -2.29. The molecule has 0 aliphatic carbocycles. The second kappa shape index (κ2) is 5.63. The normalized spacial score (nSPS) is 13.7. The van der Waals surface area contributed by atoms with Gasteiger partial charge in [-0.15, -0.1) is 11.3 Å². The second-order valence-electron chi connectivity index (χ2n) is 5.44. The van der Waals surface area contributed by atoms with E-state index in [9.17, 15) is 0 Å². The molecule has 0 radical (unpaired) electrons. The van der Waals surface area contributed by atoms with Crippen molar-refractivity contribution in [2.45, 2.75) is 38.6 Å². The lowest BCUT2D eigenvalue weighted by atomic mass is 9.93. The summed E-state index contributed by atoms with van der Waals surface area (Å²) in [6.07, 6.45) is 0.682. The summed E-state index contributed by atoms with van der Waals surface area (Å²) < 4.78 is 5.38. The molecule has 1 unspecified atom stereocenters. The molecule has 3 N–H and O–H groups in total. The van der Waals surface area contributed by atoms with Crippen LogP contribution in [0.2, 0.25) is 5.22 Å². The van der Waals surface area contributed by atoms with Crippen LogP contribution >= 0.6 is 22.9 Å². The Labute approximate surface area is 121 Å². The molecule has 0 aliphatic rings. The number of hydrazine groups is 1. The van der Waals surface area contributed by atoms with E-state index in [4.69, 9.17) is 21.9 Å². The topological polar surface area (TPSA) is 64.1 Å². The number of hydrogen-bond donors (Lipinski definition) is 2. The number of nitrogens with one attached hydrogen (secondary N) is 1. The predicted molar refractivity (Wildman–Crippen MR) is 78.3 cm³/mol. The van der Waals surface area contributed by atoms with Crippen LogP contribution < -0.4 is 11.3 Å². The molecule has 0 spiro atoms. The lowest BCUT2D eigenvalue weighted by molar-refractivity contribution is 0.416. The van der Waals surface area contributed by atoms with Crippen molar-refractivity contribution in [2.75, 3.05) is 0 Å². The number of furan rings is 1. The van der Waals surface area contributed by atoms with Gasteiger partial charge in [0.15, 0.2) is 5.22 Å². The van der Waals surface area contributed by atoms with Gasteiger partial charge in [-0.1, -0.05) is 20.8 Å². The van der Waals surface area contributed by atoms with E-state index in [-0.39, 0.29) is 11.5 Å². The van der Waals surface area contributed by atoms with Gasteiger partial charge in [-0.3, -0.25) is 5.84 Å². The molecule has 0 saturated heterocycles. The van der Waals surface area contributed by atoms with Crippen molar-refractivity contribution in [3.05, 3.63) is 39.2 Å². The predicted octanol–water partition coefficient (Wildman–Crippen LogP) is 3.43. The highest BCUT2D eigenvalue weighted by molar-refractivity contribution is 7.09. The average Bonchev–Trinajstić information content (AvgIpc) is 2.94. The van der Waals surface area contributed by atoms with Crippen molar-refractivity contribution in [1.29, 1.82) is 0 Å². The van der Waals surface area contributed by atoms with Gasteiger partial charge in [0.05, 0.1) is 16.7 Å². The Bertz CT molecular complexity index is 544. The van der Waals surface area contributed by atoms with Crippen LogP contribution in [0.5, 0.6) is 0 Å². The molecule has 0 saturated carbocycles. The van der Waals surface area contributed by atoms with Crippen LogP contribution in [0.3, 0.4) is 0 Å². The van der Waals surface area contributed by atoms with E-state index >= 15 is 0 Å². The Morgan fingerprint density at radius 1 is 1.47 bits per heavy atom. The van der Waals surface area contributed by atoms with Crippen molar-refractivity contribution in [2.24, 2.45) is 5.84 Å². The number of aromatic nitrogens is 1. The SMILES string of the molecule is CC(C)(C)c1csc(CC(NN)c2ccc(Cl)o2)n1. The lowest BCUT2D eigenvalue weighted by Gasteiger charge is -2.15. The van der Waals surface area contributed by atoms with Crippen molar-refractivity contribution < 1.29 is 4.42 Å². The van der Waals surface area contributed by atoms with Gasteiger partial charge in [0.1, 0.15) is 5.76 Å². The minimum absolute atomic E-state index is 0.0639. The fourth-order valence-electron chi connectivity index (χ4n) is 1.68. The Balaban J connectivity index is 2.13. The van der Waals surface area contributed by atoms with Gasteiger partial charge in [-0.05, 0) is 23.7 Å². The summed E-state index contributed by atoms with van der Waals surface area (Å²) in [5.41, 5.74) is 3.90. The zero-order chi connectivity index (χ0) is 14.0. The summed E-state index contributed by atoms with van der Waals surface area (Å²) in [6.45, 7) is 6.45. The summed E-state index contributed by atoms with van der Waals surface area (Å²) in [7, 11) is 0. The van der Waals surface area contributed by atoms with E-state index in [1.54, 1.807) is 17.4 Å². The maximum absolute atomic E-state index is 5.78. The smallest absolute Gasteiger partial charge is 0.193 e. The number of hydrogen-bond acceptors (Lipinski definition) is 5. The van der Waals surface area contributed by atoms with Crippen LogP contribution in [0.25, 0.3) is 0 Å². The Hall–Kier alpha value is -0.880. The van der Waals surface area contributed by atoms with E-state index in [2.05, 4.69) is 36.6 Å². The van der Waals surface area contributed by atoms with Crippen molar-refractivity contribution in [1.82, 2.24) is 10.4 Å². The van der Waals surface area contributed by atoms with Gasteiger partial charge in [0.25, 0.3) is 0 Å². The molecule has 0 fully saturated rings. The first-order valence-electron chi connectivity index (χ1n) is 6.06. The van der Waals surface area contributed by atoms with Crippen LogP contribution in [-0.4, -0.2) is 4.98 Å². The van der Waals surface area contributed by atoms with Gasteiger partial charge in [-0.2, -0.15) is 0 Å². The number of nitrogens with two attached hydrogens (primary N) is 1. The highest BCUT2D eigenvalue weighted by Crippen LogP contribution is 2.27. The van der Waals surface area contributed by atoms with Crippen molar-refractivity contribution >= 4 is 22.9 Å². The quantitative estimate of drug-likeness (QED) is 0.670. The summed E-state index contributed by atoms with van der Waals surface area (Å²) in [6, 6.07) is 3.42. The molecule has 0 amide bonds. The minimum Gasteiger partial charge on any atom is -0.448 e. The summed E-state index contributed by atoms with van der Waals surface area (Å²) in [5.74, 6) is 6.30. The van der Waals surface area contributed by atoms with Crippen LogP contribution in [0.15, 0.2) is 21.9 Å². The van der Waals surface area contributed by atoms with Crippen LogP contribution in [0.1, 0.15) is 43.3 Å². The van der Waals surface area contributed by atoms with Gasteiger partial charge in [0, 0.05) is 17.2 Å². The van der Waals surface area contributed by atoms with E-state index in [1.165, 1.54) is 0 Å². The molecular formula is C13H18ClN3OS. The third-order valence-corrected chi connectivity index (χ3v) is 3.91. The first kappa shape index (κ1) is 14.5. The standard InChI is InChI=1S/C13H18ClN3OS/c1-13(2,3)10-7-19-12(16-10)6-8(17-15)9-4-5-11(14)18-9/h4-5,7-8,17H,6,15H2,1-3H3. The van der Waals surface area contributed by atoms with Crippen LogP contribution in [-0.2, 0) is 11.8 Å². The third kappa shape index (κ3) is 3.57. The minimum atomic E-state index is -0.119. The molecule has 2 rings (SSSR count). The molecule has 4 nitrogen and oxygen atoms in total. The zero-order valence-corrected chi connectivity index (χ0v) is 12.8. The molecule has 104 valence electrons. The Morgan fingerprint density at radius 3 is 2.68 bits per heavy atom. The first-order valence-corrected chi connectivity index (χ1v) is 7.32. The highest BCUT2D eigenvalue weighted by atomic mass is 35.5. The molecule has 1 atom stereocenters. The Kier molecular flexibility index (Phi) is 4.30. The van der Waals surface area contributed by atoms with Crippen LogP contribution in [0.4, 0.5) is 0 Å². The number of rotatable bonds is 4. The number of nitrogens with zero attached hydrogens (tertiary/aromatic N) is 1. The summed E-state index contributed by atoms with van der Waals surface area (Å²) >= 11 is 7.42. The molecule has 2 aromatic heterocycles. The zero-order valence-electron chi connectivity index (χ0n) is 11.2. The van der Waals surface area contributed by atoms with E-state index in [0.717, 1.165) is 16.5 Å². The van der Waals surface area contributed by atoms with E-state index in [1.807, 2.05) is 6.07 Å². The van der Waals surface area contributed by atoms with Crippen molar-refractivity contribution in [3.63, 3.8) is 0 Å². The number of halogens is 1. The molecular weight excluding hydrogens is 282 g/mol. The van der Waals surface area contributed by atoms with Gasteiger partial charge in [-0.25, -0.2) is 10.4 Å². The van der Waals surface area contributed by atoms with Crippen molar-refractivity contribution in [3.8, 4) is 0 Å².